The number of aliphatic carboxylic acids is 1. The molecule has 40 valence electrons. The van der Waals surface area contributed by atoms with E-state index in [1.165, 1.54) is 0 Å². The van der Waals surface area contributed by atoms with Crippen LogP contribution in [0.5, 0.6) is 0 Å². The predicted molar refractivity (Wildman–Crippen MR) is 29.9 cm³/mol. The van der Waals surface area contributed by atoms with E-state index in [2.05, 4.69) is 9.24 Å². The van der Waals surface area contributed by atoms with Crippen LogP contribution < -0.4 is 0 Å². The number of nitrogens with one attached hydrogen (secondary N) is 1. The van der Waals surface area contributed by atoms with Gasteiger partial charge >= 0.3 is 5.97 Å². The van der Waals surface area contributed by atoms with Gasteiger partial charge in [-0.1, -0.05) is 0 Å². The first kappa shape index (κ1) is 6.57. The van der Waals surface area contributed by atoms with Crippen LogP contribution in [0.4, 0.5) is 0 Å². The fraction of sp³-hybridized carbons (Fsp3) is 0.333. The Balaban J connectivity index is 3.58. The van der Waals surface area contributed by atoms with Gasteiger partial charge in [-0.25, -0.2) is 4.79 Å². The largest absolute Gasteiger partial charge is 0.477 e. The maximum Gasteiger partial charge on any atom is 0.349 e. The summed E-state index contributed by atoms with van der Waals surface area (Å²) in [6.45, 7) is 0. The van der Waals surface area contributed by atoms with Crippen molar-refractivity contribution in [1.29, 1.82) is 5.41 Å². The molecule has 2 N–H and O–H groups in total. The third kappa shape index (κ3) is 2.29. The molecule has 7 heavy (non-hydrogen) atoms. The van der Waals surface area contributed by atoms with Crippen molar-refractivity contribution in [1.82, 2.24) is 0 Å². The van der Waals surface area contributed by atoms with Crippen LogP contribution >= 0.6 is 9.24 Å². The van der Waals surface area contributed by atoms with Crippen LogP contribution in [0.3, 0.4) is 0 Å². The first-order valence-electron chi connectivity index (χ1n) is 1.69. The molecule has 0 aromatic rings. The molecule has 0 aromatic heterocycles. The van der Waals surface area contributed by atoms with Crippen molar-refractivity contribution in [2.45, 2.75) is 0 Å². The van der Waals surface area contributed by atoms with Crippen molar-refractivity contribution < 1.29 is 9.90 Å². The number of carbonyl (C=O) groups is 1. The molecule has 0 saturated heterocycles. The summed E-state index contributed by atoms with van der Waals surface area (Å²) in [7, 11) is 2.16. The number of carboxylic acids is 1. The van der Waals surface area contributed by atoms with Crippen molar-refractivity contribution in [2.75, 3.05) is 6.16 Å². The number of hydrogen-bond acceptors (Lipinski definition) is 2. The minimum absolute atomic E-state index is 0.218. The molecule has 1 atom stereocenters. The molecule has 3 nitrogen and oxygen atoms in total. The summed E-state index contributed by atoms with van der Waals surface area (Å²) in [5.41, 5.74) is -0.273. The van der Waals surface area contributed by atoms with Crippen molar-refractivity contribution in [3.8, 4) is 0 Å². The molecule has 0 bridgehead atoms. The number of rotatable bonds is 2. The Morgan fingerprint density at radius 3 is 2.29 bits per heavy atom. The zero-order valence-corrected chi connectivity index (χ0v) is 4.79. The molecule has 0 saturated carbocycles. The van der Waals surface area contributed by atoms with Crippen molar-refractivity contribution in [3.63, 3.8) is 0 Å². The molecule has 0 amide bonds. The zero-order valence-electron chi connectivity index (χ0n) is 3.64. The normalized spacial score (nSPS) is 8.14. The first-order valence-corrected chi connectivity index (χ1v) is 2.51. The van der Waals surface area contributed by atoms with Gasteiger partial charge in [-0.05, 0) is 0 Å². The van der Waals surface area contributed by atoms with Crippen LogP contribution in [-0.2, 0) is 4.79 Å². The molecule has 0 aliphatic heterocycles. The fourth-order valence-corrected chi connectivity index (χ4v) is 0.262. The fourth-order valence-electron chi connectivity index (χ4n) is 0.0873. The quantitative estimate of drug-likeness (QED) is 0.396. The minimum atomic E-state index is -1.14. The highest BCUT2D eigenvalue weighted by molar-refractivity contribution is 7.18. The molecule has 0 radical (unpaired) electrons. The summed E-state index contributed by atoms with van der Waals surface area (Å²) in [4.78, 5) is 9.69. The van der Waals surface area contributed by atoms with Crippen LogP contribution in [0.2, 0.25) is 0 Å². The zero-order chi connectivity index (χ0) is 5.86. The molecule has 0 aliphatic carbocycles. The van der Waals surface area contributed by atoms with E-state index in [4.69, 9.17) is 10.5 Å². The average Bonchev–Trinajstić information content (AvgIpc) is 1.65. The van der Waals surface area contributed by atoms with Crippen LogP contribution in [0, 0.1) is 5.41 Å². The summed E-state index contributed by atoms with van der Waals surface area (Å²) in [5, 5.41) is 14.5. The number of carboxylic acid groups (broad SMARTS) is 1. The Labute approximate surface area is 43.4 Å². The van der Waals surface area contributed by atoms with Gasteiger partial charge in [0.25, 0.3) is 0 Å². The van der Waals surface area contributed by atoms with Gasteiger partial charge in [-0.15, -0.1) is 9.24 Å². The van der Waals surface area contributed by atoms with Crippen LogP contribution in [0.15, 0.2) is 0 Å². The Bertz CT molecular complexity index is 101. The third-order valence-electron chi connectivity index (χ3n) is 0.462. The lowest BCUT2D eigenvalue weighted by Crippen LogP contribution is -2.11. The standard InChI is InChI=1S/C3H6NO2P/c4-2(1-7)3(5)6/h4H,1,7H2,(H,5,6). The van der Waals surface area contributed by atoms with Crippen molar-refractivity contribution >= 4 is 20.9 Å². The Morgan fingerprint density at radius 2 is 2.29 bits per heavy atom. The van der Waals surface area contributed by atoms with Crippen LogP contribution in [-0.4, -0.2) is 22.9 Å². The van der Waals surface area contributed by atoms with Crippen LogP contribution in [0.25, 0.3) is 0 Å². The highest BCUT2D eigenvalue weighted by Crippen LogP contribution is 1.81. The molecule has 0 aromatic carbocycles. The molecule has 0 spiro atoms. The highest BCUT2D eigenvalue weighted by Gasteiger charge is 1.99. The van der Waals surface area contributed by atoms with Gasteiger partial charge in [0.05, 0.1) is 0 Å². The van der Waals surface area contributed by atoms with E-state index in [-0.39, 0.29) is 11.9 Å². The molecular weight excluding hydrogens is 113 g/mol. The highest BCUT2D eigenvalue weighted by atomic mass is 31.0. The van der Waals surface area contributed by atoms with E-state index in [9.17, 15) is 4.79 Å². The van der Waals surface area contributed by atoms with Crippen molar-refractivity contribution in [3.05, 3.63) is 0 Å². The van der Waals surface area contributed by atoms with E-state index in [1.54, 1.807) is 0 Å². The number of hydrogen-bond donors (Lipinski definition) is 2. The predicted octanol–water partition coefficient (Wildman–Crippen LogP) is -0.0341. The monoisotopic (exact) mass is 119 g/mol. The van der Waals surface area contributed by atoms with Gasteiger partial charge in [0.15, 0.2) is 0 Å². The van der Waals surface area contributed by atoms with Crippen LogP contribution in [0.1, 0.15) is 0 Å². The molecule has 4 heteroatoms. The van der Waals surface area contributed by atoms with Gasteiger partial charge in [-0.2, -0.15) is 0 Å². The summed E-state index contributed by atoms with van der Waals surface area (Å²) in [6, 6.07) is 0. The van der Waals surface area contributed by atoms with Gasteiger partial charge in [0.1, 0.15) is 5.71 Å². The molecule has 1 unspecified atom stereocenters. The first-order chi connectivity index (χ1) is 3.18. The molecular formula is C3H6NO2P. The Hall–Kier alpha value is -0.430. The lowest BCUT2D eigenvalue weighted by molar-refractivity contribution is -0.129. The maximum absolute atomic E-state index is 9.69. The van der Waals surface area contributed by atoms with Gasteiger partial charge < -0.3 is 5.11 Å². The summed E-state index contributed by atoms with van der Waals surface area (Å²) >= 11 is 0. The molecule has 0 rings (SSSR count). The van der Waals surface area contributed by atoms with E-state index in [1.807, 2.05) is 0 Å². The smallest absolute Gasteiger partial charge is 0.349 e. The van der Waals surface area contributed by atoms with Gasteiger partial charge in [0, 0.05) is 6.16 Å². The maximum atomic E-state index is 9.69. The minimum Gasteiger partial charge on any atom is -0.477 e. The van der Waals surface area contributed by atoms with Gasteiger partial charge in [0.2, 0.25) is 0 Å². The molecule has 0 aliphatic rings. The Morgan fingerprint density at radius 1 is 1.86 bits per heavy atom. The lowest BCUT2D eigenvalue weighted by Gasteiger charge is -1.85. The van der Waals surface area contributed by atoms with Crippen molar-refractivity contribution in [2.24, 2.45) is 0 Å². The average molecular weight is 119 g/mol. The van der Waals surface area contributed by atoms with Gasteiger partial charge in [-0.3, -0.25) is 5.41 Å². The topological polar surface area (TPSA) is 61.2 Å². The molecule has 0 heterocycles. The lowest BCUT2D eigenvalue weighted by atomic mass is 10.4. The summed E-state index contributed by atoms with van der Waals surface area (Å²) < 4.78 is 0. The van der Waals surface area contributed by atoms with E-state index < -0.39 is 5.97 Å². The summed E-state index contributed by atoms with van der Waals surface area (Å²) in [5.74, 6) is -1.14. The summed E-state index contributed by atoms with van der Waals surface area (Å²) in [6.07, 6.45) is 0.218. The molecule has 0 fully saturated rings. The second-order valence-electron chi connectivity index (χ2n) is 0.988. The second-order valence-corrected chi connectivity index (χ2v) is 1.40. The SMILES string of the molecule is N=C(CP)C(=O)O. The van der Waals surface area contributed by atoms with E-state index in [0.29, 0.717) is 0 Å². The van der Waals surface area contributed by atoms with E-state index >= 15 is 0 Å². The second kappa shape index (κ2) is 2.69. The Kier molecular flexibility index (Phi) is 2.53. The third-order valence-corrected chi connectivity index (χ3v) is 0.871. The van der Waals surface area contributed by atoms with E-state index in [0.717, 1.165) is 0 Å².